The van der Waals surface area contributed by atoms with Crippen LogP contribution in [-0.2, 0) is 9.59 Å². The minimum absolute atomic E-state index is 0.252. The first kappa shape index (κ1) is 16.3. The van der Waals surface area contributed by atoms with Crippen LogP contribution in [0.4, 0.5) is 0 Å². The molecule has 0 radical (unpaired) electrons. The fourth-order valence-corrected chi connectivity index (χ4v) is 3.85. The zero-order valence-electron chi connectivity index (χ0n) is 11.2. The summed E-state index contributed by atoms with van der Waals surface area (Å²) in [6.45, 7) is 1.55. The summed E-state index contributed by atoms with van der Waals surface area (Å²) in [7, 11) is 0. The van der Waals surface area contributed by atoms with Gasteiger partial charge in [0, 0.05) is 37.3 Å². The normalized spacial score (nSPS) is 20.5. The van der Waals surface area contributed by atoms with Gasteiger partial charge in [-0.15, -0.1) is 0 Å². The summed E-state index contributed by atoms with van der Waals surface area (Å²) in [5.41, 5.74) is 2.15. The van der Waals surface area contributed by atoms with E-state index in [2.05, 4.69) is 55.8 Å². The number of halogens is 2. The van der Waals surface area contributed by atoms with Crippen LogP contribution in [0.2, 0.25) is 0 Å². The summed E-state index contributed by atoms with van der Waals surface area (Å²) in [5.74, 6) is 0.505. The van der Waals surface area contributed by atoms with Crippen molar-refractivity contribution in [2.45, 2.75) is 38.5 Å². The quantitative estimate of drug-likeness (QED) is 0.451. The Hall–Kier alpha value is -0.120. The largest absolute Gasteiger partial charge is 0.386 e. The number of rotatable bonds is 5. The fourth-order valence-electron chi connectivity index (χ4n) is 2.39. The van der Waals surface area contributed by atoms with Crippen molar-refractivity contribution in [1.29, 1.82) is 0 Å². The molecule has 20 heavy (non-hydrogen) atoms. The van der Waals surface area contributed by atoms with E-state index in [1.807, 2.05) is 0 Å². The molecule has 0 amide bonds. The Morgan fingerprint density at radius 3 is 1.55 bits per heavy atom. The molecule has 0 saturated heterocycles. The van der Waals surface area contributed by atoms with Crippen LogP contribution >= 0.6 is 45.2 Å². The molecule has 0 aromatic rings. The van der Waals surface area contributed by atoms with E-state index in [1.165, 1.54) is 0 Å². The molecule has 0 unspecified atom stereocenters. The van der Waals surface area contributed by atoms with Crippen LogP contribution in [-0.4, -0.2) is 24.7 Å². The molecule has 2 aliphatic carbocycles. The van der Waals surface area contributed by atoms with Gasteiger partial charge in [-0.05, 0) is 70.9 Å². The Labute approximate surface area is 146 Å². The molecule has 2 aliphatic rings. The molecule has 0 saturated carbocycles. The number of allylic oxidation sites excluding steroid dienone is 4. The van der Waals surface area contributed by atoms with E-state index < -0.39 is 0 Å². The van der Waals surface area contributed by atoms with E-state index in [-0.39, 0.29) is 11.6 Å². The van der Waals surface area contributed by atoms with Gasteiger partial charge in [-0.1, -0.05) is 0 Å². The van der Waals surface area contributed by atoms with Crippen LogP contribution in [0.5, 0.6) is 0 Å². The highest BCUT2D eigenvalue weighted by Crippen LogP contribution is 2.25. The Balaban J connectivity index is 1.80. The smallest absolute Gasteiger partial charge is 0.170 e. The van der Waals surface area contributed by atoms with Crippen molar-refractivity contribution in [3.05, 3.63) is 18.6 Å². The molecular formula is C14H18I2N2O2. The Bertz CT molecular complexity index is 440. The first-order valence-electron chi connectivity index (χ1n) is 6.91. The zero-order chi connectivity index (χ0) is 14.5. The average Bonchev–Trinajstić information content (AvgIpc) is 2.43. The average molecular weight is 500 g/mol. The number of nitrogens with one attached hydrogen (secondary N) is 2. The summed E-state index contributed by atoms with van der Waals surface area (Å²) >= 11 is 4.28. The number of Topliss-reactive ketones (excluding diaryl/α,β-unsaturated/α-hetero) is 2. The number of hydrogen-bond donors (Lipinski definition) is 2. The van der Waals surface area contributed by atoms with Crippen molar-refractivity contribution >= 4 is 56.7 Å². The SMILES string of the molecule is O=C1CCCC(NCCNC2=C(I)C(=O)CCC2)=C1I. The predicted octanol–water partition coefficient (Wildman–Crippen LogP) is 2.96. The maximum atomic E-state index is 11.6. The molecule has 0 aromatic carbocycles. The highest BCUT2D eigenvalue weighted by molar-refractivity contribution is 14.1. The Kier molecular flexibility index (Phi) is 6.31. The van der Waals surface area contributed by atoms with Gasteiger partial charge in [0.05, 0.1) is 7.16 Å². The number of hydrogen-bond acceptors (Lipinski definition) is 4. The van der Waals surface area contributed by atoms with Gasteiger partial charge in [-0.25, -0.2) is 0 Å². The van der Waals surface area contributed by atoms with Gasteiger partial charge in [0.1, 0.15) is 0 Å². The van der Waals surface area contributed by atoms with E-state index in [1.54, 1.807) is 0 Å². The summed E-state index contributed by atoms with van der Waals surface area (Å²) in [4.78, 5) is 23.2. The number of carbonyl (C=O) groups is 2. The Morgan fingerprint density at radius 1 is 0.750 bits per heavy atom. The molecule has 2 N–H and O–H groups in total. The Morgan fingerprint density at radius 2 is 1.15 bits per heavy atom. The molecule has 110 valence electrons. The third-order valence-electron chi connectivity index (χ3n) is 3.48. The van der Waals surface area contributed by atoms with Crippen LogP contribution < -0.4 is 10.6 Å². The highest BCUT2D eigenvalue weighted by atomic mass is 127. The highest BCUT2D eigenvalue weighted by Gasteiger charge is 2.19. The van der Waals surface area contributed by atoms with E-state index in [0.717, 1.165) is 57.3 Å². The first-order chi connectivity index (χ1) is 9.59. The van der Waals surface area contributed by atoms with Crippen LogP contribution in [0.15, 0.2) is 18.6 Å². The van der Waals surface area contributed by atoms with Crippen LogP contribution in [0, 0.1) is 0 Å². The van der Waals surface area contributed by atoms with Crippen molar-refractivity contribution in [3.63, 3.8) is 0 Å². The maximum Gasteiger partial charge on any atom is 0.170 e. The molecule has 0 fully saturated rings. The lowest BCUT2D eigenvalue weighted by molar-refractivity contribution is -0.116. The second-order valence-electron chi connectivity index (χ2n) is 4.99. The van der Waals surface area contributed by atoms with Gasteiger partial charge in [-0.3, -0.25) is 9.59 Å². The van der Waals surface area contributed by atoms with Gasteiger partial charge >= 0.3 is 0 Å². The third-order valence-corrected chi connectivity index (χ3v) is 5.99. The molecule has 0 spiro atoms. The fraction of sp³-hybridized carbons (Fsp3) is 0.571. The summed E-state index contributed by atoms with van der Waals surface area (Å²) in [6.07, 6.45) is 5.16. The monoisotopic (exact) mass is 500 g/mol. The summed E-state index contributed by atoms with van der Waals surface area (Å²) < 4.78 is 1.71. The van der Waals surface area contributed by atoms with E-state index in [0.29, 0.717) is 12.8 Å². The molecule has 0 heterocycles. The molecule has 0 aliphatic heterocycles. The van der Waals surface area contributed by atoms with Crippen molar-refractivity contribution in [3.8, 4) is 0 Å². The number of ketones is 2. The second kappa shape index (κ2) is 7.77. The summed E-state index contributed by atoms with van der Waals surface area (Å²) in [5, 5.41) is 6.69. The molecule has 0 atom stereocenters. The van der Waals surface area contributed by atoms with E-state index in [4.69, 9.17) is 0 Å². The van der Waals surface area contributed by atoms with Crippen molar-refractivity contribution in [1.82, 2.24) is 10.6 Å². The number of carbonyl (C=O) groups excluding carboxylic acids is 2. The van der Waals surface area contributed by atoms with Crippen LogP contribution in [0.3, 0.4) is 0 Å². The molecule has 6 heteroatoms. The zero-order valence-corrected chi connectivity index (χ0v) is 15.5. The van der Waals surface area contributed by atoms with Gasteiger partial charge in [0.15, 0.2) is 11.6 Å². The molecule has 2 rings (SSSR count). The minimum Gasteiger partial charge on any atom is -0.386 e. The molecule has 0 aromatic heterocycles. The minimum atomic E-state index is 0.252. The van der Waals surface area contributed by atoms with Crippen molar-refractivity contribution in [2.24, 2.45) is 0 Å². The maximum absolute atomic E-state index is 11.6. The standard InChI is InChI=1S/C14H18I2N2O2/c15-13-9(3-1-5-11(13)19)17-7-8-18-10-4-2-6-12(20)14(10)16/h17-18H,1-8H2. The summed E-state index contributed by atoms with van der Waals surface area (Å²) in [6, 6.07) is 0. The van der Waals surface area contributed by atoms with Crippen molar-refractivity contribution in [2.75, 3.05) is 13.1 Å². The predicted molar refractivity (Wildman–Crippen MR) is 95.8 cm³/mol. The topological polar surface area (TPSA) is 58.2 Å². The van der Waals surface area contributed by atoms with Gasteiger partial charge < -0.3 is 10.6 Å². The lowest BCUT2D eigenvalue weighted by Gasteiger charge is -2.20. The van der Waals surface area contributed by atoms with Gasteiger partial charge in [0.2, 0.25) is 0 Å². The van der Waals surface area contributed by atoms with Crippen LogP contribution in [0.1, 0.15) is 38.5 Å². The lowest BCUT2D eigenvalue weighted by Crippen LogP contribution is -2.30. The molecular weight excluding hydrogens is 482 g/mol. The second-order valence-corrected chi connectivity index (χ2v) is 7.15. The third kappa shape index (κ3) is 4.19. The van der Waals surface area contributed by atoms with Crippen LogP contribution in [0.25, 0.3) is 0 Å². The lowest BCUT2D eigenvalue weighted by atomic mass is 10.0. The van der Waals surface area contributed by atoms with E-state index in [9.17, 15) is 9.59 Å². The van der Waals surface area contributed by atoms with Gasteiger partial charge in [0.25, 0.3) is 0 Å². The molecule has 0 bridgehead atoms. The van der Waals surface area contributed by atoms with Gasteiger partial charge in [-0.2, -0.15) is 0 Å². The van der Waals surface area contributed by atoms with Crippen molar-refractivity contribution < 1.29 is 9.59 Å². The molecule has 4 nitrogen and oxygen atoms in total. The first-order valence-corrected chi connectivity index (χ1v) is 9.07. The van der Waals surface area contributed by atoms with E-state index >= 15 is 0 Å².